The quantitative estimate of drug-likeness (QED) is 0.532. The summed E-state index contributed by atoms with van der Waals surface area (Å²) in [7, 11) is 1.66. The minimum absolute atomic E-state index is 0.232. The molecule has 0 amide bonds. The molecule has 22 heavy (non-hydrogen) atoms. The monoisotopic (exact) mass is 305 g/mol. The predicted octanol–water partition coefficient (Wildman–Crippen LogP) is 2.31. The maximum absolute atomic E-state index is 10.1. The zero-order valence-corrected chi connectivity index (χ0v) is 13.8. The number of benzene rings is 1. The second-order valence-corrected chi connectivity index (χ2v) is 5.41. The van der Waals surface area contributed by atoms with Gasteiger partial charge in [-0.3, -0.25) is 4.90 Å². The first-order chi connectivity index (χ1) is 10.6. The summed E-state index contributed by atoms with van der Waals surface area (Å²) in [6, 6.07) is 8.37. The lowest BCUT2D eigenvalue weighted by Gasteiger charge is -2.30. The van der Waals surface area contributed by atoms with Crippen LogP contribution in [0.5, 0.6) is 5.75 Å². The first-order valence-corrected chi connectivity index (χ1v) is 7.66. The SMILES string of the molecule is C#CCOC[C@@H](O)CN(Cc1cccc(OC)c1)[C@@H](C)CC. The molecule has 1 N–H and O–H groups in total. The maximum atomic E-state index is 10.1. The molecule has 1 aromatic rings. The molecule has 0 radical (unpaired) electrons. The predicted molar refractivity (Wildman–Crippen MR) is 88.8 cm³/mol. The molecule has 0 saturated heterocycles. The summed E-state index contributed by atoms with van der Waals surface area (Å²) in [5.41, 5.74) is 1.16. The van der Waals surface area contributed by atoms with Gasteiger partial charge in [0.15, 0.2) is 0 Å². The normalized spacial score (nSPS) is 13.6. The van der Waals surface area contributed by atoms with E-state index in [-0.39, 0.29) is 13.2 Å². The lowest BCUT2D eigenvalue weighted by molar-refractivity contribution is 0.0170. The van der Waals surface area contributed by atoms with Gasteiger partial charge in [0.05, 0.1) is 19.8 Å². The maximum Gasteiger partial charge on any atom is 0.119 e. The highest BCUT2D eigenvalue weighted by Gasteiger charge is 2.17. The Kier molecular flexibility index (Phi) is 8.61. The van der Waals surface area contributed by atoms with Gasteiger partial charge in [0.25, 0.3) is 0 Å². The molecule has 0 fully saturated rings. The number of nitrogens with zero attached hydrogens (tertiary/aromatic N) is 1. The van der Waals surface area contributed by atoms with E-state index in [9.17, 15) is 5.11 Å². The van der Waals surface area contributed by atoms with Gasteiger partial charge in [-0.2, -0.15) is 0 Å². The lowest BCUT2D eigenvalue weighted by atomic mass is 10.1. The number of rotatable bonds is 10. The molecular formula is C18H27NO3. The van der Waals surface area contributed by atoms with E-state index in [4.69, 9.17) is 15.9 Å². The van der Waals surface area contributed by atoms with Crippen molar-refractivity contribution in [3.63, 3.8) is 0 Å². The molecule has 4 nitrogen and oxygen atoms in total. The highest BCUT2D eigenvalue weighted by atomic mass is 16.5. The molecule has 122 valence electrons. The van der Waals surface area contributed by atoms with Gasteiger partial charge in [-0.05, 0) is 31.0 Å². The van der Waals surface area contributed by atoms with Gasteiger partial charge in [0.1, 0.15) is 12.4 Å². The van der Waals surface area contributed by atoms with E-state index in [1.807, 2.05) is 18.2 Å². The van der Waals surface area contributed by atoms with E-state index in [1.54, 1.807) is 7.11 Å². The number of aliphatic hydroxyl groups excluding tert-OH is 1. The molecule has 0 unspecified atom stereocenters. The summed E-state index contributed by atoms with van der Waals surface area (Å²) in [6.45, 7) is 6.11. The summed E-state index contributed by atoms with van der Waals surface area (Å²) in [5, 5.41) is 10.1. The molecule has 0 aromatic heterocycles. The molecule has 4 heteroatoms. The summed E-state index contributed by atoms with van der Waals surface area (Å²) >= 11 is 0. The largest absolute Gasteiger partial charge is 0.497 e. The van der Waals surface area contributed by atoms with Crippen LogP contribution < -0.4 is 4.74 Å². The van der Waals surface area contributed by atoms with Crippen molar-refractivity contribution in [2.75, 3.05) is 26.9 Å². The van der Waals surface area contributed by atoms with E-state index < -0.39 is 6.10 Å². The van der Waals surface area contributed by atoms with Crippen LogP contribution in [0.2, 0.25) is 0 Å². The Balaban J connectivity index is 2.65. The Bertz CT molecular complexity index is 470. The fourth-order valence-electron chi connectivity index (χ4n) is 2.24. The highest BCUT2D eigenvalue weighted by molar-refractivity contribution is 5.28. The van der Waals surface area contributed by atoms with Crippen molar-refractivity contribution in [2.45, 2.75) is 39.0 Å². The fourth-order valence-corrected chi connectivity index (χ4v) is 2.24. The average Bonchev–Trinajstić information content (AvgIpc) is 2.54. The third-order valence-corrected chi connectivity index (χ3v) is 3.67. The molecule has 0 heterocycles. The number of methoxy groups -OCH3 is 1. The highest BCUT2D eigenvalue weighted by Crippen LogP contribution is 2.16. The van der Waals surface area contributed by atoms with Crippen LogP contribution in [0.4, 0.5) is 0 Å². The third-order valence-electron chi connectivity index (χ3n) is 3.67. The minimum atomic E-state index is -0.548. The van der Waals surface area contributed by atoms with Crippen molar-refractivity contribution in [1.82, 2.24) is 4.90 Å². The van der Waals surface area contributed by atoms with Crippen molar-refractivity contribution < 1.29 is 14.6 Å². The van der Waals surface area contributed by atoms with E-state index in [2.05, 4.69) is 30.7 Å². The van der Waals surface area contributed by atoms with Crippen molar-refractivity contribution >= 4 is 0 Å². The van der Waals surface area contributed by atoms with Gasteiger partial charge in [0, 0.05) is 19.1 Å². The first kappa shape index (κ1) is 18.5. The fraction of sp³-hybridized carbons (Fsp3) is 0.556. The van der Waals surface area contributed by atoms with Crippen LogP contribution in [-0.2, 0) is 11.3 Å². The number of hydrogen-bond acceptors (Lipinski definition) is 4. The summed E-state index contributed by atoms with van der Waals surface area (Å²) in [5.74, 6) is 3.25. The lowest BCUT2D eigenvalue weighted by Crippen LogP contribution is -2.39. The second kappa shape index (κ2) is 10.2. The number of aliphatic hydroxyl groups is 1. The number of hydrogen-bond donors (Lipinski definition) is 1. The van der Waals surface area contributed by atoms with Crippen LogP contribution in [0.1, 0.15) is 25.8 Å². The summed E-state index contributed by atoms with van der Waals surface area (Å²) in [4.78, 5) is 2.25. The van der Waals surface area contributed by atoms with Crippen LogP contribution in [0, 0.1) is 12.3 Å². The van der Waals surface area contributed by atoms with Crippen molar-refractivity contribution in [1.29, 1.82) is 0 Å². The van der Waals surface area contributed by atoms with Crippen LogP contribution in [-0.4, -0.2) is 49.0 Å². The smallest absolute Gasteiger partial charge is 0.119 e. The average molecular weight is 305 g/mol. The Morgan fingerprint density at radius 1 is 1.41 bits per heavy atom. The minimum Gasteiger partial charge on any atom is -0.497 e. The zero-order valence-electron chi connectivity index (χ0n) is 13.8. The Labute approximate surface area is 134 Å². The third kappa shape index (κ3) is 6.48. The number of ether oxygens (including phenoxy) is 2. The molecule has 0 aliphatic rings. The van der Waals surface area contributed by atoms with Crippen molar-refractivity contribution in [3.05, 3.63) is 29.8 Å². The first-order valence-electron chi connectivity index (χ1n) is 7.66. The van der Waals surface area contributed by atoms with Crippen molar-refractivity contribution in [3.8, 4) is 18.1 Å². The topological polar surface area (TPSA) is 41.9 Å². The van der Waals surface area contributed by atoms with Crippen LogP contribution in [0.15, 0.2) is 24.3 Å². The Morgan fingerprint density at radius 3 is 2.82 bits per heavy atom. The van der Waals surface area contributed by atoms with Gasteiger partial charge < -0.3 is 14.6 Å². The van der Waals surface area contributed by atoms with E-state index in [1.165, 1.54) is 0 Å². The van der Waals surface area contributed by atoms with Gasteiger partial charge in [-0.15, -0.1) is 6.42 Å². The van der Waals surface area contributed by atoms with Crippen LogP contribution >= 0.6 is 0 Å². The molecule has 1 aromatic carbocycles. The van der Waals surface area contributed by atoms with E-state index >= 15 is 0 Å². The Hall–Kier alpha value is -1.54. The Morgan fingerprint density at radius 2 is 2.18 bits per heavy atom. The number of terminal acetylenes is 1. The van der Waals surface area contributed by atoms with Crippen LogP contribution in [0.3, 0.4) is 0 Å². The summed E-state index contributed by atoms with van der Waals surface area (Å²) in [6.07, 6.45) is 5.60. The van der Waals surface area contributed by atoms with E-state index in [0.717, 1.165) is 24.3 Å². The van der Waals surface area contributed by atoms with Crippen LogP contribution in [0.25, 0.3) is 0 Å². The molecule has 1 rings (SSSR count). The molecular weight excluding hydrogens is 278 g/mol. The van der Waals surface area contributed by atoms with Gasteiger partial charge in [-0.25, -0.2) is 0 Å². The standard InChI is InChI=1S/C18H27NO3/c1-5-10-22-14-17(20)13-19(15(3)6-2)12-16-8-7-9-18(11-16)21-4/h1,7-9,11,15,17,20H,6,10,12-14H2,2-4H3/t15-,17-/m0/s1. The molecule has 0 saturated carbocycles. The zero-order chi connectivity index (χ0) is 16.4. The van der Waals surface area contributed by atoms with Gasteiger partial charge in [0.2, 0.25) is 0 Å². The molecule has 0 aliphatic carbocycles. The van der Waals surface area contributed by atoms with Crippen molar-refractivity contribution in [2.24, 2.45) is 0 Å². The van der Waals surface area contributed by atoms with Gasteiger partial charge >= 0.3 is 0 Å². The summed E-state index contributed by atoms with van der Waals surface area (Å²) < 4.78 is 10.5. The molecule has 0 aliphatic heterocycles. The molecule has 2 atom stereocenters. The van der Waals surface area contributed by atoms with Gasteiger partial charge in [-0.1, -0.05) is 25.0 Å². The van der Waals surface area contributed by atoms with E-state index in [0.29, 0.717) is 12.6 Å². The molecule has 0 bridgehead atoms. The second-order valence-electron chi connectivity index (χ2n) is 5.41. The molecule has 0 spiro atoms.